The summed E-state index contributed by atoms with van der Waals surface area (Å²) in [7, 11) is 0.831. The van der Waals surface area contributed by atoms with Gasteiger partial charge in [0.2, 0.25) is 0 Å². The Bertz CT molecular complexity index is 432. The Hall–Kier alpha value is -0.790. The van der Waals surface area contributed by atoms with Crippen LogP contribution in [0.2, 0.25) is 0 Å². The molecule has 4 heteroatoms. The van der Waals surface area contributed by atoms with E-state index in [4.69, 9.17) is 12.2 Å². The SMILES string of the molecule is S=c1np[nH]c2ccccc12. The van der Waals surface area contributed by atoms with Gasteiger partial charge in [0, 0.05) is 5.39 Å². The zero-order valence-corrected chi connectivity index (χ0v) is 7.32. The first kappa shape index (κ1) is 6.89. The quantitative estimate of drug-likeness (QED) is 0.631. The Balaban J connectivity index is 3.03. The molecule has 0 aliphatic rings. The van der Waals surface area contributed by atoms with Crippen molar-refractivity contribution in [3.63, 3.8) is 0 Å². The second-order valence-corrected chi connectivity index (χ2v) is 3.17. The number of hydrogen-bond donors (Lipinski definition) is 1. The normalized spacial score (nSPS) is 10.9. The van der Waals surface area contributed by atoms with Gasteiger partial charge in [-0.15, -0.1) is 0 Å². The van der Waals surface area contributed by atoms with Crippen molar-refractivity contribution in [2.75, 3.05) is 0 Å². The molecule has 0 spiro atoms. The Morgan fingerprint density at radius 1 is 1.36 bits per heavy atom. The van der Waals surface area contributed by atoms with Crippen LogP contribution in [-0.4, -0.2) is 9.49 Å². The van der Waals surface area contributed by atoms with E-state index >= 15 is 0 Å². The Morgan fingerprint density at radius 2 is 2.18 bits per heavy atom. The highest BCUT2D eigenvalue weighted by molar-refractivity contribution is 7.71. The number of rotatable bonds is 0. The molecule has 0 amide bonds. The molecule has 2 nitrogen and oxygen atoms in total. The summed E-state index contributed by atoms with van der Waals surface area (Å²) >= 11 is 5.05. The van der Waals surface area contributed by atoms with Gasteiger partial charge in [-0.2, -0.15) is 4.75 Å². The van der Waals surface area contributed by atoms with Crippen molar-refractivity contribution >= 4 is 31.6 Å². The largest absolute Gasteiger partial charge is 0.322 e. The average Bonchev–Trinajstić information content (AvgIpc) is 2.06. The summed E-state index contributed by atoms with van der Waals surface area (Å²) in [5.74, 6) is 0. The van der Waals surface area contributed by atoms with Crippen LogP contribution in [0.1, 0.15) is 0 Å². The number of H-pyrrole nitrogens is 1. The zero-order chi connectivity index (χ0) is 7.68. The minimum Gasteiger partial charge on any atom is -0.322 e. The Labute approximate surface area is 70.5 Å². The van der Waals surface area contributed by atoms with Crippen LogP contribution < -0.4 is 0 Å². The monoisotopic (exact) mass is 180 g/mol. The molecule has 0 atom stereocenters. The number of hydrogen-bond acceptors (Lipinski definition) is 2. The van der Waals surface area contributed by atoms with Crippen LogP contribution in [0.25, 0.3) is 10.9 Å². The van der Waals surface area contributed by atoms with Crippen molar-refractivity contribution in [2.45, 2.75) is 0 Å². The summed E-state index contributed by atoms with van der Waals surface area (Å²) in [6, 6.07) is 7.92. The molecule has 0 fully saturated rings. The van der Waals surface area contributed by atoms with Gasteiger partial charge in [0.05, 0.1) is 5.52 Å². The highest BCUT2D eigenvalue weighted by Gasteiger charge is 1.91. The minimum absolute atomic E-state index is 0.695. The van der Waals surface area contributed by atoms with E-state index in [9.17, 15) is 0 Å². The summed E-state index contributed by atoms with van der Waals surface area (Å²) in [5, 5.41) is 1.03. The first-order valence-corrected chi connectivity index (χ1v) is 4.43. The summed E-state index contributed by atoms with van der Waals surface area (Å²) in [5.41, 5.74) is 1.08. The van der Waals surface area contributed by atoms with Crippen molar-refractivity contribution in [3.8, 4) is 0 Å². The second-order valence-electron chi connectivity index (χ2n) is 2.16. The molecule has 11 heavy (non-hydrogen) atoms. The van der Waals surface area contributed by atoms with Gasteiger partial charge in [-0.25, -0.2) is 0 Å². The number of nitrogens with zero attached hydrogens (tertiary/aromatic N) is 1. The molecule has 1 N–H and O–H groups in total. The number of benzene rings is 1. The maximum atomic E-state index is 5.05. The van der Waals surface area contributed by atoms with E-state index < -0.39 is 0 Å². The summed E-state index contributed by atoms with van der Waals surface area (Å²) in [6.07, 6.45) is 0. The van der Waals surface area contributed by atoms with Gasteiger partial charge in [-0.3, -0.25) is 0 Å². The van der Waals surface area contributed by atoms with Crippen LogP contribution in [-0.2, 0) is 0 Å². The Morgan fingerprint density at radius 3 is 3.00 bits per heavy atom. The lowest BCUT2D eigenvalue weighted by atomic mass is 10.3. The summed E-state index contributed by atoms with van der Waals surface area (Å²) < 4.78 is 7.87. The first-order chi connectivity index (χ1) is 5.38. The predicted molar refractivity (Wildman–Crippen MR) is 49.4 cm³/mol. The van der Waals surface area contributed by atoms with Gasteiger partial charge in [0.1, 0.15) is 13.2 Å². The maximum absolute atomic E-state index is 5.05. The first-order valence-electron chi connectivity index (χ1n) is 3.18. The third kappa shape index (κ3) is 1.17. The van der Waals surface area contributed by atoms with E-state index in [1.54, 1.807) is 0 Å². The smallest absolute Gasteiger partial charge is 0.142 e. The van der Waals surface area contributed by atoms with Crippen molar-refractivity contribution in [1.82, 2.24) is 9.49 Å². The number of para-hydroxylation sites is 1. The van der Waals surface area contributed by atoms with Crippen LogP contribution in [0.15, 0.2) is 24.3 Å². The molecule has 0 saturated heterocycles. The molecule has 0 radical (unpaired) electrons. The zero-order valence-electron chi connectivity index (χ0n) is 5.61. The average molecular weight is 180 g/mol. The van der Waals surface area contributed by atoms with Gasteiger partial charge < -0.3 is 4.75 Å². The van der Waals surface area contributed by atoms with E-state index in [0.717, 1.165) is 19.4 Å². The van der Waals surface area contributed by atoms with Gasteiger partial charge >= 0.3 is 0 Å². The van der Waals surface area contributed by atoms with Crippen LogP contribution in [0.4, 0.5) is 0 Å². The van der Waals surface area contributed by atoms with Crippen molar-refractivity contribution < 1.29 is 0 Å². The molecule has 1 heterocycles. The van der Waals surface area contributed by atoms with E-state index in [1.165, 1.54) is 0 Å². The third-order valence-electron chi connectivity index (χ3n) is 1.47. The summed E-state index contributed by atoms with van der Waals surface area (Å²) in [6.45, 7) is 0. The fraction of sp³-hybridized carbons (Fsp3) is 0. The number of fused-ring (bicyclic) bond motifs is 1. The predicted octanol–water partition coefficient (Wildman–Crippen LogP) is 2.87. The van der Waals surface area contributed by atoms with E-state index in [0.29, 0.717) is 4.64 Å². The molecule has 1 aromatic carbocycles. The molecule has 0 aliphatic heterocycles. The number of nitrogens with one attached hydrogen (secondary N) is 1. The van der Waals surface area contributed by atoms with Gasteiger partial charge in [0.25, 0.3) is 0 Å². The topological polar surface area (TPSA) is 28.7 Å². The molecule has 0 aliphatic carbocycles. The fourth-order valence-electron chi connectivity index (χ4n) is 0.945. The fourth-order valence-corrected chi connectivity index (χ4v) is 1.80. The van der Waals surface area contributed by atoms with Gasteiger partial charge in [-0.1, -0.05) is 24.4 Å². The van der Waals surface area contributed by atoms with E-state index in [1.807, 2.05) is 24.3 Å². The molecule has 2 rings (SSSR count). The minimum atomic E-state index is 0.695. The molecule has 2 aromatic rings. The lowest BCUT2D eigenvalue weighted by Gasteiger charge is -1.93. The third-order valence-corrected chi connectivity index (χ3v) is 2.56. The molecule has 0 saturated carbocycles. The molecule has 1 aromatic heterocycles. The molecule has 0 unspecified atom stereocenters. The molecule has 54 valence electrons. The van der Waals surface area contributed by atoms with Crippen molar-refractivity contribution in [1.29, 1.82) is 0 Å². The lowest BCUT2D eigenvalue weighted by molar-refractivity contribution is 1.47. The van der Waals surface area contributed by atoms with Crippen molar-refractivity contribution in [2.24, 2.45) is 0 Å². The van der Waals surface area contributed by atoms with Gasteiger partial charge in [0.15, 0.2) is 0 Å². The van der Waals surface area contributed by atoms with E-state index in [-0.39, 0.29) is 0 Å². The highest BCUT2D eigenvalue weighted by atomic mass is 32.1. The highest BCUT2D eigenvalue weighted by Crippen LogP contribution is 2.12. The van der Waals surface area contributed by atoms with Gasteiger partial charge in [-0.05, 0) is 12.1 Å². The summed E-state index contributed by atoms with van der Waals surface area (Å²) in [4.78, 5) is 0. The van der Waals surface area contributed by atoms with Crippen LogP contribution in [0, 0.1) is 4.64 Å². The molecular formula is C7H5N2PS. The standard InChI is InChI=1S/C7H5N2PS/c11-7-5-3-1-2-4-6(5)8-10-9-7/h1-4H,(H,8,9,11). The lowest BCUT2D eigenvalue weighted by Crippen LogP contribution is -1.76. The van der Waals surface area contributed by atoms with E-state index in [2.05, 4.69) is 9.49 Å². The van der Waals surface area contributed by atoms with Crippen LogP contribution >= 0.6 is 20.7 Å². The number of aromatic nitrogens is 2. The Kier molecular flexibility index (Phi) is 1.68. The molecular weight excluding hydrogens is 175 g/mol. The van der Waals surface area contributed by atoms with Crippen molar-refractivity contribution in [3.05, 3.63) is 28.9 Å². The van der Waals surface area contributed by atoms with Crippen LogP contribution in [0.3, 0.4) is 0 Å². The second kappa shape index (κ2) is 2.68. The van der Waals surface area contributed by atoms with Crippen LogP contribution in [0.5, 0.6) is 0 Å². The molecule has 0 bridgehead atoms. The maximum Gasteiger partial charge on any atom is 0.142 e. The number of aromatic amines is 1.